The normalized spacial score (nSPS) is 10.7. The smallest absolute Gasteiger partial charge is 0.251 e. The average molecular weight is 364 g/mol. The third-order valence-electron chi connectivity index (χ3n) is 4.59. The number of benzene rings is 2. The zero-order valence-corrected chi connectivity index (χ0v) is 15.7. The van der Waals surface area contributed by atoms with Crippen molar-refractivity contribution in [1.29, 1.82) is 0 Å². The van der Waals surface area contributed by atoms with Crippen LogP contribution in [0.4, 0.5) is 0 Å². The molecule has 1 aromatic heterocycles. The first-order chi connectivity index (χ1) is 13.0. The molecular weight excluding hydrogens is 340 g/mol. The predicted octanol–water partition coefficient (Wildman–Crippen LogP) is 3.14. The second-order valence-electron chi connectivity index (χ2n) is 6.66. The number of pyridine rings is 1. The molecule has 5 heteroatoms. The monoisotopic (exact) mass is 364 g/mol. The zero-order valence-electron chi connectivity index (χ0n) is 15.7. The van der Waals surface area contributed by atoms with Crippen LogP contribution in [-0.2, 0) is 17.6 Å². The van der Waals surface area contributed by atoms with Crippen molar-refractivity contribution in [2.24, 2.45) is 0 Å². The molecule has 3 aromatic rings. The minimum atomic E-state index is -0.127. The van der Waals surface area contributed by atoms with E-state index >= 15 is 0 Å². The molecule has 0 aliphatic rings. The van der Waals surface area contributed by atoms with Gasteiger partial charge in [0.25, 0.3) is 5.56 Å². The van der Waals surface area contributed by atoms with E-state index in [1.807, 2.05) is 55.5 Å². The van der Waals surface area contributed by atoms with Gasteiger partial charge >= 0.3 is 0 Å². The first-order valence-corrected chi connectivity index (χ1v) is 9.07. The number of rotatable bonds is 7. The second-order valence-corrected chi connectivity index (χ2v) is 6.66. The summed E-state index contributed by atoms with van der Waals surface area (Å²) >= 11 is 0. The number of nitrogens with one attached hydrogen (secondary N) is 2. The van der Waals surface area contributed by atoms with Gasteiger partial charge in [-0.15, -0.1) is 0 Å². The van der Waals surface area contributed by atoms with E-state index < -0.39 is 0 Å². The zero-order chi connectivity index (χ0) is 19.2. The molecule has 2 N–H and O–H groups in total. The van der Waals surface area contributed by atoms with Crippen LogP contribution in [0.15, 0.2) is 53.3 Å². The summed E-state index contributed by atoms with van der Waals surface area (Å²) in [6.07, 6.45) is 1.47. The summed E-state index contributed by atoms with van der Waals surface area (Å²) in [5, 5.41) is 3.90. The topological polar surface area (TPSA) is 71.2 Å². The SMILES string of the molecule is COc1ccc(CCNC(=O)CCc2cc3cc(C)ccc3[nH]c2=O)cc1. The molecule has 1 amide bonds. The van der Waals surface area contributed by atoms with Gasteiger partial charge in [-0.3, -0.25) is 9.59 Å². The van der Waals surface area contributed by atoms with Crippen molar-refractivity contribution in [2.75, 3.05) is 13.7 Å². The van der Waals surface area contributed by atoms with Crippen LogP contribution in [0.2, 0.25) is 0 Å². The van der Waals surface area contributed by atoms with Crippen LogP contribution in [0.3, 0.4) is 0 Å². The lowest BCUT2D eigenvalue weighted by molar-refractivity contribution is -0.121. The van der Waals surface area contributed by atoms with E-state index in [0.717, 1.165) is 34.2 Å². The summed E-state index contributed by atoms with van der Waals surface area (Å²) in [5.41, 5.74) is 3.60. The van der Waals surface area contributed by atoms with E-state index in [0.29, 0.717) is 24.9 Å². The Labute approximate surface area is 158 Å². The number of hydrogen-bond donors (Lipinski definition) is 2. The third-order valence-corrected chi connectivity index (χ3v) is 4.59. The maximum absolute atomic E-state index is 12.2. The summed E-state index contributed by atoms with van der Waals surface area (Å²) in [4.78, 5) is 27.2. The average Bonchev–Trinajstić information content (AvgIpc) is 2.67. The van der Waals surface area contributed by atoms with Crippen LogP contribution in [-0.4, -0.2) is 24.5 Å². The molecule has 0 aliphatic carbocycles. The summed E-state index contributed by atoms with van der Waals surface area (Å²) in [6.45, 7) is 2.58. The number of ether oxygens (including phenoxy) is 1. The van der Waals surface area contributed by atoms with Crippen LogP contribution in [0.1, 0.15) is 23.1 Å². The van der Waals surface area contributed by atoms with E-state index in [2.05, 4.69) is 10.3 Å². The van der Waals surface area contributed by atoms with Gasteiger partial charge in [0, 0.05) is 24.0 Å². The van der Waals surface area contributed by atoms with Crippen molar-refractivity contribution in [1.82, 2.24) is 10.3 Å². The van der Waals surface area contributed by atoms with Gasteiger partial charge in [0.1, 0.15) is 5.75 Å². The molecule has 0 unspecified atom stereocenters. The van der Waals surface area contributed by atoms with Crippen LogP contribution in [0.25, 0.3) is 10.9 Å². The Morgan fingerprint density at radius 2 is 1.85 bits per heavy atom. The maximum Gasteiger partial charge on any atom is 0.251 e. The van der Waals surface area contributed by atoms with Gasteiger partial charge in [0.15, 0.2) is 0 Å². The molecule has 27 heavy (non-hydrogen) atoms. The molecule has 0 saturated carbocycles. The Kier molecular flexibility index (Phi) is 5.91. The molecule has 1 heterocycles. The Morgan fingerprint density at radius 3 is 2.59 bits per heavy atom. The van der Waals surface area contributed by atoms with Crippen molar-refractivity contribution in [3.8, 4) is 5.75 Å². The number of amides is 1. The number of H-pyrrole nitrogens is 1. The van der Waals surface area contributed by atoms with Crippen molar-refractivity contribution < 1.29 is 9.53 Å². The highest BCUT2D eigenvalue weighted by Gasteiger charge is 2.07. The van der Waals surface area contributed by atoms with Crippen molar-refractivity contribution >= 4 is 16.8 Å². The lowest BCUT2D eigenvalue weighted by Gasteiger charge is -2.07. The lowest BCUT2D eigenvalue weighted by atomic mass is 10.1. The second kappa shape index (κ2) is 8.54. The summed E-state index contributed by atoms with van der Waals surface area (Å²) in [7, 11) is 1.64. The van der Waals surface area contributed by atoms with Gasteiger partial charge in [0.2, 0.25) is 5.91 Å². The highest BCUT2D eigenvalue weighted by atomic mass is 16.5. The van der Waals surface area contributed by atoms with Crippen molar-refractivity contribution in [3.05, 3.63) is 75.6 Å². The van der Waals surface area contributed by atoms with Crippen LogP contribution in [0, 0.1) is 6.92 Å². The lowest BCUT2D eigenvalue weighted by Crippen LogP contribution is -2.26. The molecule has 5 nitrogen and oxygen atoms in total. The molecule has 140 valence electrons. The van der Waals surface area contributed by atoms with E-state index in [1.165, 1.54) is 0 Å². The molecule has 2 aromatic carbocycles. The summed E-state index contributed by atoms with van der Waals surface area (Å²) in [5.74, 6) is 0.769. The van der Waals surface area contributed by atoms with Gasteiger partial charge < -0.3 is 15.0 Å². The number of aryl methyl sites for hydroxylation is 2. The van der Waals surface area contributed by atoms with Crippen molar-refractivity contribution in [2.45, 2.75) is 26.2 Å². The minimum absolute atomic E-state index is 0.0488. The Bertz CT molecular complexity index is 991. The Morgan fingerprint density at radius 1 is 1.07 bits per heavy atom. The predicted molar refractivity (Wildman–Crippen MR) is 107 cm³/mol. The molecular formula is C22H24N2O3. The molecule has 0 saturated heterocycles. The van der Waals surface area contributed by atoms with Gasteiger partial charge in [0.05, 0.1) is 7.11 Å². The molecule has 0 atom stereocenters. The fraction of sp³-hybridized carbons (Fsp3) is 0.273. The molecule has 0 aliphatic heterocycles. The van der Waals surface area contributed by atoms with E-state index in [9.17, 15) is 9.59 Å². The Balaban J connectivity index is 1.52. The third kappa shape index (κ3) is 4.97. The standard InChI is InChI=1S/C22H24N2O3/c1-15-3-9-20-18(13-15)14-17(22(26)24-20)6-10-21(25)23-12-11-16-4-7-19(27-2)8-5-16/h3-5,7-9,13-14H,6,10-12H2,1-2H3,(H,23,25)(H,24,26). The van der Waals surface area contributed by atoms with E-state index in [4.69, 9.17) is 4.74 Å². The number of aromatic nitrogens is 1. The first-order valence-electron chi connectivity index (χ1n) is 9.07. The minimum Gasteiger partial charge on any atom is -0.497 e. The van der Waals surface area contributed by atoms with Gasteiger partial charge in [-0.25, -0.2) is 0 Å². The highest BCUT2D eigenvalue weighted by Crippen LogP contribution is 2.14. The molecule has 3 rings (SSSR count). The highest BCUT2D eigenvalue weighted by molar-refractivity contribution is 5.80. The number of carbonyl (C=O) groups excluding carboxylic acids is 1. The molecule has 0 radical (unpaired) electrons. The number of hydrogen-bond acceptors (Lipinski definition) is 3. The van der Waals surface area contributed by atoms with E-state index in [-0.39, 0.29) is 11.5 Å². The quantitative estimate of drug-likeness (QED) is 0.677. The Hall–Kier alpha value is -3.08. The number of aromatic amines is 1. The molecule has 0 spiro atoms. The fourth-order valence-corrected chi connectivity index (χ4v) is 3.03. The van der Waals surface area contributed by atoms with Crippen LogP contribution < -0.4 is 15.6 Å². The molecule has 0 bridgehead atoms. The van der Waals surface area contributed by atoms with Gasteiger partial charge in [-0.05, 0) is 61.0 Å². The van der Waals surface area contributed by atoms with Gasteiger partial charge in [-0.1, -0.05) is 23.8 Å². The van der Waals surface area contributed by atoms with Gasteiger partial charge in [-0.2, -0.15) is 0 Å². The summed E-state index contributed by atoms with van der Waals surface area (Å²) in [6, 6.07) is 15.6. The maximum atomic E-state index is 12.2. The van der Waals surface area contributed by atoms with Crippen LogP contribution in [0.5, 0.6) is 5.75 Å². The number of carbonyl (C=O) groups is 1. The summed E-state index contributed by atoms with van der Waals surface area (Å²) < 4.78 is 5.13. The van der Waals surface area contributed by atoms with E-state index in [1.54, 1.807) is 7.11 Å². The van der Waals surface area contributed by atoms with Crippen molar-refractivity contribution in [3.63, 3.8) is 0 Å². The molecule has 0 fully saturated rings. The number of fused-ring (bicyclic) bond motifs is 1. The fourth-order valence-electron chi connectivity index (χ4n) is 3.03. The number of methoxy groups -OCH3 is 1. The first kappa shape index (κ1) is 18.7. The van der Waals surface area contributed by atoms with Crippen LogP contribution >= 0.6 is 0 Å². The largest absolute Gasteiger partial charge is 0.497 e.